The summed E-state index contributed by atoms with van der Waals surface area (Å²) in [6, 6.07) is 40.7. The van der Waals surface area contributed by atoms with Crippen LogP contribution in [-0.2, 0) is 40.2 Å². The number of carboxylic acids is 1. The highest BCUT2D eigenvalue weighted by atomic mass is 32.1. The summed E-state index contributed by atoms with van der Waals surface area (Å²) in [5, 5.41) is 18.1. The van der Waals surface area contributed by atoms with Crippen LogP contribution in [0.3, 0.4) is 0 Å². The highest BCUT2D eigenvalue weighted by molar-refractivity contribution is 7.81. The van der Waals surface area contributed by atoms with E-state index in [4.69, 9.17) is 5.73 Å². The molecule has 6 aromatic rings. The molecule has 1 aromatic heterocycles. The van der Waals surface area contributed by atoms with Gasteiger partial charge in [-0.05, 0) is 63.9 Å². The Hall–Kier alpha value is -5.75. The van der Waals surface area contributed by atoms with Crippen LogP contribution in [0.5, 0.6) is 0 Å². The summed E-state index contributed by atoms with van der Waals surface area (Å²) < 4.78 is 1.07. The molecule has 4 atom stereocenters. The molecule has 9 nitrogen and oxygen atoms in total. The lowest BCUT2D eigenvalue weighted by Gasteiger charge is -2.25. The first-order chi connectivity index (χ1) is 26.6. The second-order valence-corrected chi connectivity index (χ2v) is 15.1. The zero-order chi connectivity index (χ0) is 38.7. The van der Waals surface area contributed by atoms with E-state index < -0.39 is 41.2 Å². The van der Waals surface area contributed by atoms with Crippen LogP contribution in [0.4, 0.5) is 0 Å². The van der Waals surface area contributed by atoms with Gasteiger partial charge in [-0.2, -0.15) is 12.6 Å². The molecular formula is C44H42N4O5S2. The lowest BCUT2D eigenvalue weighted by molar-refractivity contribution is -0.132. The molecule has 0 fully saturated rings. The van der Waals surface area contributed by atoms with Crippen LogP contribution in [-0.4, -0.2) is 52.2 Å². The predicted molar refractivity (Wildman–Crippen MR) is 221 cm³/mol. The van der Waals surface area contributed by atoms with Gasteiger partial charge in [0.05, 0.1) is 10.8 Å². The molecule has 0 saturated heterocycles. The van der Waals surface area contributed by atoms with Gasteiger partial charge in [-0.3, -0.25) is 14.4 Å². The van der Waals surface area contributed by atoms with E-state index in [9.17, 15) is 24.3 Å². The molecule has 3 amide bonds. The average molecular weight is 771 g/mol. The Balaban J connectivity index is 1.22. The molecule has 0 saturated carbocycles. The Kier molecular flexibility index (Phi) is 13.1. The number of carboxylic acid groups (broad SMARTS) is 1. The summed E-state index contributed by atoms with van der Waals surface area (Å²) in [4.78, 5) is 54.0. The highest BCUT2D eigenvalue weighted by Gasteiger charge is 2.31. The minimum absolute atomic E-state index is 0.139. The predicted octanol–water partition coefficient (Wildman–Crippen LogP) is 6.21. The van der Waals surface area contributed by atoms with Crippen molar-refractivity contribution in [3.8, 4) is 11.1 Å². The third kappa shape index (κ3) is 10.7. The lowest BCUT2D eigenvalue weighted by atomic mass is 9.99. The van der Waals surface area contributed by atoms with Gasteiger partial charge in [0, 0.05) is 35.0 Å². The number of fused-ring (bicyclic) bond motifs is 1. The second-order valence-electron chi connectivity index (χ2n) is 13.4. The van der Waals surface area contributed by atoms with Gasteiger partial charge in [0.15, 0.2) is 0 Å². The Morgan fingerprint density at radius 2 is 1.18 bits per heavy atom. The zero-order valence-corrected chi connectivity index (χ0v) is 31.6. The molecule has 280 valence electrons. The standard InChI is InChI=1S/C44H42N4O5S2/c45-36(23-28-17-21-33(22-18-28)44(52)53)40(54)43(51)48-37(24-29-15-19-32(20-16-29)31-11-5-2-6-12-31)42(50)47-38(41(49)46-27-30-9-3-1-4-10-30)26-35-25-34-13-7-8-14-39(34)55-35/h1-22,25,36-38,40,54H,23-24,26-27,45H2,(H,46,49)(H,47,50)(H,48,51)(H,52,53)/t36-,37-,38-,40-/m0/s1. The van der Waals surface area contributed by atoms with Gasteiger partial charge in [0.25, 0.3) is 0 Å². The van der Waals surface area contributed by atoms with Crippen molar-refractivity contribution in [3.05, 3.63) is 167 Å². The molecule has 0 aliphatic heterocycles. The molecule has 1 heterocycles. The molecular weight excluding hydrogens is 729 g/mol. The summed E-state index contributed by atoms with van der Waals surface area (Å²) >= 11 is 6.12. The number of thiophene rings is 1. The van der Waals surface area contributed by atoms with E-state index in [-0.39, 0.29) is 37.3 Å². The highest BCUT2D eigenvalue weighted by Crippen LogP contribution is 2.26. The Morgan fingerprint density at radius 3 is 1.85 bits per heavy atom. The van der Waals surface area contributed by atoms with Crippen LogP contribution in [0.15, 0.2) is 140 Å². The van der Waals surface area contributed by atoms with Crippen LogP contribution in [0.1, 0.15) is 31.9 Å². The first-order valence-electron chi connectivity index (χ1n) is 17.9. The van der Waals surface area contributed by atoms with E-state index in [2.05, 4.69) is 28.6 Å². The summed E-state index contributed by atoms with van der Waals surface area (Å²) in [6.45, 7) is 0.282. The smallest absolute Gasteiger partial charge is 0.335 e. The van der Waals surface area contributed by atoms with Gasteiger partial charge in [-0.25, -0.2) is 4.79 Å². The number of rotatable bonds is 16. The fourth-order valence-electron chi connectivity index (χ4n) is 6.26. The van der Waals surface area contributed by atoms with Crippen molar-refractivity contribution in [1.29, 1.82) is 0 Å². The molecule has 5 aromatic carbocycles. The third-order valence-corrected chi connectivity index (χ3v) is 11.1. The van der Waals surface area contributed by atoms with E-state index in [1.54, 1.807) is 23.5 Å². The summed E-state index contributed by atoms with van der Waals surface area (Å²) in [5.74, 6) is -2.47. The number of carbonyl (C=O) groups excluding carboxylic acids is 3. The maximum Gasteiger partial charge on any atom is 0.335 e. The first-order valence-corrected chi connectivity index (χ1v) is 19.3. The van der Waals surface area contributed by atoms with Crippen LogP contribution in [0.2, 0.25) is 0 Å². The molecule has 0 aliphatic rings. The molecule has 0 bridgehead atoms. The number of hydrogen-bond donors (Lipinski definition) is 6. The molecule has 0 aliphatic carbocycles. The van der Waals surface area contributed by atoms with Crippen LogP contribution in [0.25, 0.3) is 21.2 Å². The molecule has 6 rings (SSSR count). The van der Waals surface area contributed by atoms with Gasteiger partial charge >= 0.3 is 5.97 Å². The number of carbonyl (C=O) groups is 4. The van der Waals surface area contributed by atoms with Gasteiger partial charge in [0.2, 0.25) is 17.7 Å². The van der Waals surface area contributed by atoms with Crippen LogP contribution >= 0.6 is 24.0 Å². The van der Waals surface area contributed by atoms with E-state index in [1.165, 1.54) is 12.1 Å². The minimum atomic E-state index is -1.07. The van der Waals surface area contributed by atoms with E-state index in [1.807, 2.05) is 115 Å². The second kappa shape index (κ2) is 18.5. The van der Waals surface area contributed by atoms with Crippen molar-refractivity contribution in [2.75, 3.05) is 0 Å². The number of hydrogen-bond acceptors (Lipinski definition) is 7. The molecule has 0 unspecified atom stereocenters. The number of nitrogens with two attached hydrogens (primary N) is 1. The van der Waals surface area contributed by atoms with Crippen molar-refractivity contribution in [2.24, 2.45) is 5.73 Å². The Labute approximate surface area is 329 Å². The van der Waals surface area contributed by atoms with Gasteiger partial charge in [-0.1, -0.05) is 115 Å². The fraction of sp³-hybridized carbons (Fsp3) is 0.182. The summed E-state index contributed by atoms with van der Waals surface area (Å²) in [5.41, 5.74) is 11.1. The van der Waals surface area contributed by atoms with Crippen molar-refractivity contribution < 1.29 is 24.3 Å². The fourth-order valence-corrected chi connectivity index (χ4v) is 7.55. The summed E-state index contributed by atoms with van der Waals surface area (Å²) in [6.07, 6.45) is 0.636. The van der Waals surface area contributed by atoms with Crippen LogP contribution in [0, 0.1) is 0 Å². The number of nitrogens with one attached hydrogen (secondary N) is 3. The maximum atomic E-state index is 14.3. The topological polar surface area (TPSA) is 151 Å². The van der Waals surface area contributed by atoms with Crippen molar-refractivity contribution >= 4 is 57.7 Å². The minimum Gasteiger partial charge on any atom is -0.478 e. The number of thiol groups is 1. The van der Waals surface area contributed by atoms with Gasteiger partial charge in [0.1, 0.15) is 12.1 Å². The van der Waals surface area contributed by atoms with Gasteiger partial charge < -0.3 is 26.8 Å². The Bertz CT molecular complexity index is 2200. The third-order valence-electron chi connectivity index (χ3n) is 9.30. The largest absolute Gasteiger partial charge is 0.478 e. The number of amides is 3. The first kappa shape index (κ1) is 39.0. The van der Waals surface area contributed by atoms with Crippen molar-refractivity contribution in [3.63, 3.8) is 0 Å². The molecule has 55 heavy (non-hydrogen) atoms. The van der Waals surface area contributed by atoms with Gasteiger partial charge in [-0.15, -0.1) is 11.3 Å². The molecule has 0 radical (unpaired) electrons. The van der Waals surface area contributed by atoms with Crippen molar-refractivity contribution in [2.45, 2.75) is 49.2 Å². The molecule has 6 N–H and O–H groups in total. The Morgan fingerprint density at radius 1 is 0.618 bits per heavy atom. The van der Waals surface area contributed by atoms with Crippen LogP contribution < -0.4 is 21.7 Å². The zero-order valence-electron chi connectivity index (χ0n) is 29.9. The van der Waals surface area contributed by atoms with E-state index in [0.29, 0.717) is 0 Å². The molecule has 11 heteroatoms. The average Bonchev–Trinajstić information content (AvgIpc) is 3.63. The SMILES string of the molecule is N[C@@H](Cc1ccc(C(=O)O)cc1)[C@H](S)C(=O)N[C@@H](Cc1ccc(-c2ccccc2)cc1)C(=O)N[C@@H](Cc1cc2ccccc2s1)C(=O)NCc1ccccc1. The number of aromatic carboxylic acids is 1. The quantitative estimate of drug-likeness (QED) is 0.0645. The lowest BCUT2D eigenvalue weighted by Crippen LogP contribution is -2.57. The maximum absolute atomic E-state index is 14.3. The number of benzene rings is 5. The van der Waals surface area contributed by atoms with E-state index >= 15 is 0 Å². The summed E-state index contributed by atoms with van der Waals surface area (Å²) in [7, 11) is 0. The monoisotopic (exact) mass is 770 g/mol. The molecule has 0 spiro atoms. The van der Waals surface area contributed by atoms with E-state index in [0.717, 1.165) is 42.8 Å². The van der Waals surface area contributed by atoms with Crippen molar-refractivity contribution in [1.82, 2.24) is 16.0 Å². The normalized spacial score (nSPS) is 13.3.